The fraction of sp³-hybridized carbons (Fsp3) is 0.455. The summed E-state index contributed by atoms with van der Waals surface area (Å²) in [4.78, 5) is 0. The van der Waals surface area contributed by atoms with Crippen molar-refractivity contribution in [2.75, 3.05) is 13.7 Å². The van der Waals surface area contributed by atoms with Crippen LogP contribution in [0.3, 0.4) is 0 Å². The van der Waals surface area contributed by atoms with E-state index in [0.29, 0.717) is 12.0 Å². The molecule has 0 spiro atoms. The smallest absolute Gasteiger partial charge is 0.396 e. The topological polar surface area (TPSA) is 29.5 Å². The van der Waals surface area contributed by atoms with E-state index in [-0.39, 0.29) is 12.7 Å². The summed E-state index contributed by atoms with van der Waals surface area (Å²) in [5.41, 5.74) is -0.0559. The van der Waals surface area contributed by atoms with Gasteiger partial charge in [-0.2, -0.15) is 13.2 Å². The summed E-state index contributed by atoms with van der Waals surface area (Å²) < 4.78 is 41.9. The second-order valence-corrected chi connectivity index (χ2v) is 3.36. The highest BCUT2D eigenvalue weighted by atomic mass is 19.4. The van der Waals surface area contributed by atoms with E-state index in [1.165, 1.54) is 19.2 Å². The van der Waals surface area contributed by atoms with Crippen molar-refractivity contribution in [3.05, 3.63) is 35.4 Å². The van der Waals surface area contributed by atoms with E-state index < -0.39 is 11.7 Å². The van der Waals surface area contributed by atoms with E-state index in [2.05, 4.69) is 0 Å². The van der Waals surface area contributed by atoms with Gasteiger partial charge in [0.1, 0.15) is 0 Å². The first-order chi connectivity index (χ1) is 7.49. The molecule has 1 rings (SSSR count). The van der Waals surface area contributed by atoms with Gasteiger partial charge >= 0.3 is 6.18 Å². The maximum Gasteiger partial charge on any atom is 0.416 e. The van der Waals surface area contributed by atoms with Gasteiger partial charge in [-0.3, -0.25) is 0 Å². The van der Waals surface area contributed by atoms with Gasteiger partial charge in [0, 0.05) is 20.1 Å². The highest BCUT2D eigenvalue weighted by Gasteiger charge is 2.30. The Bertz CT molecular complexity index is 319. The third-order valence-corrected chi connectivity index (χ3v) is 2.29. The minimum Gasteiger partial charge on any atom is -0.396 e. The Morgan fingerprint density at radius 2 is 1.81 bits per heavy atom. The maximum absolute atomic E-state index is 12.3. The number of benzene rings is 1. The molecule has 0 aliphatic heterocycles. The predicted octanol–water partition coefficient (Wildman–Crippen LogP) is 2.78. The molecule has 16 heavy (non-hydrogen) atoms. The van der Waals surface area contributed by atoms with Crippen molar-refractivity contribution in [3.63, 3.8) is 0 Å². The Labute approximate surface area is 91.7 Å². The lowest BCUT2D eigenvalue weighted by molar-refractivity contribution is -0.137. The second kappa shape index (κ2) is 5.32. The Morgan fingerprint density at radius 3 is 2.19 bits per heavy atom. The molecule has 0 aliphatic carbocycles. The molecule has 0 saturated heterocycles. The average Bonchev–Trinajstić information content (AvgIpc) is 2.25. The van der Waals surface area contributed by atoms with Crippen LogP contribution in [0.15, 0.2) is 24.3 Å². The molecular weight excluding hydrogens is 221 g/mol. The van der Waals surface area contributed by atoms with Crippen LogP contribution in [0, 0.1) is 0 Å². The van der Waals surface area contributed by atoms with Crippen molar-refractivity contribution in [2.24, 2.45) is 0 Å². The number of aliphatic hydroxyl groups is 1. The Kier molecular flexibility index (Phi) is 4.32. The van der Waals surface area contributed by atoms with Crippen LogP contribution in [0.5, 0.6) is 0 Å². The van der Waals surface area contributed by atoms with Gasteiger partial charge in [0.2, 0.25) is 0 Å². The summed E-state index contributed by atoms with van der Waals surface area (Å²) in [7, 11) is 1.46. The normalized spacial score (nSPS) is 13.8. The second-order valence-electron chi connectivity index (χ2n) is 3.36. The third kappa shape index (κ3) is 3.21. The highest BCUT2D eigenvalue weighted by molar-refractivity contribution is 5.26. The molecule has 1 aromatic rings. The van der Waals surface area contributed by atoms with E-state index in [0.717, 1.165) is 12.1 Å². The lowest BCUT2D eigenvalue weighted by Gasteiger charge is -2.15. The molecular formula is C11H13F3O2. The van der Waals surface area contributed by atoms with E-state index in [4.69, 9.17) is 9.84 Å². The SMILES string of the molecule is CO[C@H](CCO)c1ccc(C(F)(F)F)cc1. The zero-order valence-corrected chi connectivity index (χ0v) is 8.79. The molecule has 5 heteroatoms. The maximum atomic E-state index is 12.3. The molecule has 0 unspecified atom stereocenters. The summed E-state index contributed by atoms with van der Waals surface area (Å²) in [6.45, 7) is -0.0699. The third-order valence-electron chi connectivity index (χ3n) is 2.29. The Balaban J connectivity index is 2.85. The first-order valence-electron chi connectivity index (χ1n) is 4.80. The fourth-order valence-corrected chi connectivity index (χ4v) is 1.42. The molecule has 1 aromatic carbocycles. The summed E-state index contributed by atoms with van der Waals surface area (Å²) in [6.07, 6.45) is -4.33. The van der Waals surface area contributed by atoms with Crippen LogP contribution >= 0.6 is 0 Å². The number of hydrogen-bond acceptors (Lipinski definition) is 2. The first-order valence-corrected chi connectivity index (χ1v) is 4.80. The van der Waals surface area contributed by atoms with Crippen molar-refractivity contribution < 1.29 is 23.0 Å². The first kappa shape index (κ1) is 13.0. The zero-order valence-electron chi connectivity index (χ0n) is 8.79. The molecule has 0 aliphatic rings. The van der Waals surface area contributed by atoms with Crippen molar-refractivity contribution in [3.8, 4) is 0 Å². The number of ether oxygens (including phenoxy) is 1. The molecule has 1 N–H and O–H groups in total. The summed E-state index contributed by atoms with van der Waals surface area (Å²) in [5, 5.41) is 8.75. The van der Waals surface area contributed by atoms with Crippen LogP contribution in [0.2, 0.25) is 0 Å². The van der Waals surface area contributed by atoms with Crippen LogP contribution in [0.25, 0.3) is 0 Å². The van der Waals surface area contributed by atoms with E-state index in [1.807, 2.05) is 0 Å². The molecule has 0 heterocycles. The molecule has 0 amide bonds. The Hall–Kier alpha value is -1.07. The van der Waals surface area contributed by atoms with Crippen molar-refractivity contribution in [1.29, 1.82) is 0 Å². The molecule has 1 atom stereocenters. The van der Waals surface area contributed by atoms with E-state index in [9.17, 15) is 13.2 Å². The highest BCUT2D eigenvalue weighted by Crippen LogP contribution is 2.30. The van der Waals surface area contributed by atoms with Gasteiger partial charge in [0.25, 0.3) is 0 Å². The lowest BCUT2D eigenvalue weighted by Crippen LogP contribution is -2.07. The summed E-state index contributed by atoms with van der Waals surface area (Å²) >= 11 is 0. The monoisotopic (exact) mass is 234 g/mol. The van der Waals surface area contributed by atoms with Gasteiger partial charge in [-0.05, 0) is 17.7 Å². The minimum atomic E-state index is -4.32. The van der Waals surface area contributed by atoms with Crippen LogP contribution in [0.4, 0.5) is 13.2 Å². The van der Waals surface area contributed by atoms with Gasteiger partial charge in [0.05, 0.1) is 11.7 Å². The lowest BCUT2D eigenvalue weighted by atomic mass is 10.0. The molecule has 2 nitrogen and oxygen atoms in total. The van der Waals surface area contributed by atoms with Gasteiger partial charge in [0.15, 0.2) is 0 Å². The van der Waals surface area contributed by atoms with Crippen LogP contribution in [0.1, 0.15) is 23.7 Å². The quantitative estimate of drug-likeness (QED) is 0.868. The Morgan fingerprint density at radius 1 is 1.25 bits per heavy atom. The van der Waals surface area contributed by atoms with E-state index in [1.54, 1.807) is 0 Å². The number of aliphatic hydroxyl groups excluding tert-OH is 1. The van der Waals surface area contributed by atoms with Crippen molar-refractivity contribution >= 4 is 0 Å². The fourth-order valence-electron chi connectivity index (χ4n) is 1.42. The molecule has 0 aromatic heterocycles. The summed E-state index contributed by atoms with van der Waals surface area (Å²) in [6, 6.07) is 4.76. The van der Waals surface area contributed by atoms with Crippen molar-refractivity contribution in [2.45, 2.75) is 18.7 Å². The zero-order chi connectivity index (χ0) is 12.2. The van der Waals surface area contributed by atoms with Gasteiger partial charge in [-0.25, -0.2) is 0 Å². The number of rotatable bonds is 4. The summed E-state index contributed by atoms with van der Waals surface area (Å²) in [5.74, 6) is 0. The van der Waals surface area contributed by atoms with E-state index >= 15 is 0 Å². The standard InChI is InChI=1S/C11H13F3O2/c1-16-10(6-7-15)8-2-4-9(5-3-8)11(12,13)14/h2-5,10,15H,6-7H2,1H3/t10-/m1/s1. The van der Waals surface area contributed by atoms with Gasteiger partial charge < -0.3 is 9.84 Å². The largest absolute Gasteiger partial charge is 0.416 e. The predicted molar refractivity (Wildman–Crippen MR) is 52.9 cm³/mol. The molecule has 0 radical (unpaired) electrons. The number of alkyl halides is 3. The van der Waals surface area contributed by atoms with Crippen LogP contribution in [-0.4, -0.2) is 18.8 Å². The van der Waals surface area contributed by atoms with Crippen molar-refractivity contribution in [1.82, 2.24) is 0 Å². The molecule has 0 saturated carbocycles. The minimum absolute atomic E-state index is 0.0699. The number of halogens is 3. The number of methoxy groups -OCH3 is 1. The molecule has 0 bridgehead atoms. The van der Waals surface area contributed by atoms with Gasteiger partial charge in [-0.15, -0.1) is 0 Å². The van der Waals surface area contributed by atoms with Gasteiger partial charge in [-0.1, -0.05) is 12.1 Å². The number of hydrogen-bond donors (Lipinski definition) is 1. The molecule has 90 valence electrons. The average molecular weight is 234 g/mol. The van der Waals surface area contributed by atoms with Crippen LogP contribution < -0.4 is 0 Å². The van der Waals surface area contributed by atoms with Crippen LogP contribution in [-0.2, 0) is 10.9 Å². The molecule has 0 fully saturated rings.